The summed E-state index contributed by atoms with van der Waals surface area (Å²) in [6, 6.07) is 0. The molecule has 15 N–H and O–H groups in total. The average molecular weight is 1140 g/mol. The lowest BCUT2D eigenvalue weighted by atomic mass is 9.33. The van der Waals surface area contributed by atoms with Crippen LogP contribution in [0.5, 0.6) is 0 Å². The van der Waals surface area contributed by atoms with Gasteiger partial charge in [0.1, 0.15) is 97.7 Å². The minimum Gasteiger partial charge on any atom is -0.481 e. The zero-order valence-corrected chi connectivity index (χ0v) is 45.6. The highest BCUT2D eigenvalue weighted by Gasteiger charge is 2.72. The molecular formula is C54H86O25. The number of hydrogen-bond donors (Lipinski definition) is 15. The molecule has 0 bridgehead atoms. The van der Waals surface area contributed by atoms with Crippen molar-refractivity contribution in [1.82, 2.24) is 0 Å². The molecule has 0 aromatic heterocycles. The summed E-state index contributed by atoms with van der Waals surface area (Å²) < 4.78 is 47.2. The minimum atomic E-state index is -2.03. The van der Waals surface area contributed by atoms with Crippen LogP contribution >= 0.6 is 0 Å². The molecular weight excluding hydrogens is 1050 g/mol. The first-order chi connectivity index (χ1) is 37.0. The Kier molecular flexibility index (Phi) is 17.4. The van der Waals surface area contributed by atoms with Gasteiger partial charge >= 0.3 is 11.9 Å². The van der Waals surface area contributed by atoms with Gasteiger partial charge in [-0.3, -0.25) is 9.59 Å². The van der Waals surface area contributed by atoms with Crippen LogP contribution in [0.2, 0.25) is 0 Å². The third kappa shape index (κ3) is 9.95. The van der Waals surface area contributed by atoms with Crippen LogP contribution < -0.4 is 0 Å². The molecule has 25 heteroatoms. The Morgan fingerprint density at radius 1 is 0.557 bits per heavy atom. The Morgan fingerprint density at radius 2 is 1.08 bits per heavy atom. The summed E-state index contributed by atoms with van der Waals surface area (Å²) in [6.07, 6.45) is -28.5. The van der Waals surface area contributed by atoms with Crippen LogP contribution in [0.3, 0.4) is 0 Å². The maximum atomic E-state index is 15.5. The molecule has 4 saturated heterocycles. The van der Waals surface area contributed by atoms with E-state index in [1.165, 1.54) is 0 Å². The third-order valence-corrected chi connectivity index (χ3v) is 21.5. The molecule has 25 nitrogen and oxygen atoms in total. The lowest BCUT2D eigenvalue weighted by Gasteiger charge is -2.71. The zero-order chi connectivity index (χ0) is 57.9. The van der Waals surface area contributed by atoms with Gasteiger partial charge in [0, 0.05) is 0 Å². The van der Waals surface area contributed by atoms with Crippen LogP contribution in [-0.2, 0) is 47.5 Å². The second-order valence-corrected chi connectivity index (χ2v) is 26.1. The number of fused-ring (bicyclic) bond motifs is 7. The number of rotatable bonds is 13. The summed E-state index contributed by atoms with van der Waals surface area (Å²) in [7, 11) is 0. The highest BCUT2D eigenvalue weighted by atomic mass is 16.8. The molecule has 29 atom stereocenters. The van der Waals surface area contributed by atoms with Crippen molar-refractivity contribution in [2.24, 2.45) is 50.2 Å². The van der Waals surface area contributed by atoms with Crippen molar-refractivity contribution in [3.8, 4) is 0 Å². The Hall–Kier alpha value is -2.16. The molecule has 4 heterocycles. The molecule has 9 rings (SSSR count). The van der Waals surface area contributed by atoms with E-state index in [-0.39, 0.29) is 17.8 Å². The quantitative estimate of drug-likeness (QED) is 0.0497. The molecule has 4 saturated carbocycles. The number of ether oxygens (including phenoxy) is 8. The summed E-state index contributed by atoms with van der Waals surface area (Å²) >= 11 is 0. The van der Waals surface area contributed by atoms with E-state index in [0.29, 0.717) is 57.8 Å². The van der Waals surface area contributed by atoms with Crippen LogP contribution in [0.25, 0.3) is 0 Å². The maximum Gasteiger partial charge on any atom is 0.315 e. The van der Waals surface area contributed by atoms with Crippen molar-refractivity contribution in [2.75, 3.05) is 26.4 Å². The van der Waals surface area contributed by atoms with Crippen LogP contribution in [0.4, 0.5) is 0 Å². The van der Waals surface area contributed by atoms with E-state index in [2.05, 4.69) is 40.7 Å². The molecule has 0 amide bonds. The Bertz CT molecular complexity index is 2220. The minimum absolute atomic E-state index is 0.0459. The molecule has 0 aromatic carbocycles. The van der Waals surface area contributed by atoms with Crippen LogP contribution in [0.15, 0.2) is 11.6 Å². The van der Waals surface area contributed by atoms with Crippen molar-refractivity contribution in [3.05, 3.63) is 11.6 Å². The predicted octanol–water partition coefficient (Wildman–Crippen LogP) is -2.97. The molecule has 452 valence electrons. The van der Waals surface area contributed by atoms with Crippen molar-refractivity contribution >= 4 is 11.9 Å². The van der Waals surface area contributed by atoms with Crippen molar-refractivity contribution in [2.45, 2.75) is 235 Å². The maximum absolute atomic E-state index is 15.5. The molecule has 0 aromatic rings. The van der Waals surface area contributed by atoms with Gasteiger partial charge in [-0.2, -0.15) is 0 Å². The second kappa shape index (κ2) is 22.4. The monoisotopic (exact) mass is 1130 g/mol. The van der Waals surface area contributed by atoms with E-state index in [1.54, 1.807) is 6.92 Å². The summed E-state index contributed by atoms with van der Waals surface area (Å²) in [5.74, 6) is -2.67. The van der Waals surface area contributed by atoms with E-state index < -0.39 is 206 Å². The first kappa shape index (κ1) is 61.4. The Balaban J connectivity index is 0.992. The molecule has 0 radical (unpaired) electrons. The molecule has 9 aliphatic rings. The number of aliphatic hydroxyl groups is 14. The molecule has 0 spiro atoms. The number of esters is 1. The van der Waals surface area contributed by atoms with Gasteiger partial charge in [0.2, 0.25) is 6.29 Å². The van der Waals surface area contributed by atoms with Crippen LogP contribution in [0.1, 0.15) is 106 Å². The number of carboxylic acids is 1. The average Bonchev–Trinajstić information content (AvgIpc) is 2.92. The van der Waals surface area contributed by atoms with Crippen molar-refractivity contribution in [1.29, 1.82) is 0 Å². The van der Waals surface area contributed by atoms with E-state index in [4.69, 9.17) is 37.9 Å². The van der Waals surface area contributed by atoms with Gasteiger partial charge in [0.25, 0.3) is 0 Å². The summed E-state index contributed by atoms with van der Waals surface area (Å²) in [5.41, 5.74) is -3.34. The van der Waals surface area contributed by atoms with Crippen molar-refractivity contribution in [3.63, 3.8) is 0 Å². The highest BCUT2D eigenvalue weighted by Crippen LogP contribution is 2.76. The Morgan fingerprint density at radius 3 is 1.63 bits per heavy atom. The van der Waals surface area contributed by atoms with Crippen LogP contribution in [-0.4, -0.2) is 244 Å². The summed E-state index contributed by atoms with van der Waals surface area (Å²) in [4.78, 5) is 29.2. The molecule has 79 heavy (non-hydrogen) atoms. The normalized spacial score (nSPS) is 53.5. The number of aliphatic hydroxyl groups excluding tert-OH is 14. The molecule has 5 aliphatic carbocycles. The van der Waals surface area contributed by atoms with Crippen LogP contribution in [0, 0.1) is 50.2 Å². The van der Waals surface area contributed by atoms with Gasteiger partial charge in [-0.1, -0.05) is 46.3 Å². The fraction of sp³-hybridized carbons (Fsp3) is 0.926. The lowest BCUT2D eigenvalue weighted by Crippen LogP contribution is -2.68. The number of carbonyl (C=O) groups excluding carboxylic acids is 1. The summed E-state index contributed by atoms with van der Waals surface area (Å²) in [6.45, 7) is 9.63. The number of allylic oxidation sites excluding steroid dienone is 2. The fourth-order valence-electron chi connectivity index (χ4n) is 16.4. The molecule has 4 aliphatic heterocycles. The van der Waals surface area contributed by atoms with E-state index >= 15 is 4.79 Å². The standard InChI is InChI=1S/C54H86O25/c1-49(2)13-15-54(48(71)79-46-41(68)42(78-45-40(67)37(64)33(60)26(20-57)75-45)34(61)27(76-46)21-72-43-38(65)35(62)31(58)24(18-55)73-43)16-14-51(4)22(23(54)17-49)7-8-28-50(3)11-10-30(53(6,47(69)70)29(50)9-12-52(28,51)5)77-44-39(66)36(63)32(59)25(19-56)74-44/h7,23-46,55-68H,8-21H2,1-6H3,(H,69,70)/t23-,24-,25-,26-,27-,28-,29+,30-,31-,32-,33-,34-,35+,36+,37+,38-,39-,40-,41-,42+,43-,44+,45+,46+,50+,51-,52-,53+,54+/m1/s1. The molecule has 0 unspecified atom stereocenters. The summed E-state index contributed by atoms with van der Waals surface area (Å²) in [5, 5.41) is 160. The Labute approximate surface area is 457 Å². The van der Waals surface area contributed by atoms with Gasteiger partial charge in [0.05, 0.1) is 43.4 Å². The van der Waals surface area contributed by atoms with E-state index in [9.17, 15) is 81.4 Å². The highest BCUT2D eigenvalue weighted by molar-refractivity contribution is 5.79. The third-order valence-electron chi connectivity index (χ3n) is 21.5. The van der Waals surface area contributed by atoms with Gasteiger partial charge in [0.15, 0.2) is 18.9 Å². The first-order valence-corrected chi connectivity index (χ1v) is 28.0. The van der Waals surface area contributed by atoms with Crippen molar-refractivity contribution < 1.29 is 124 Å². The predicted molar refractivity (Wildman–Crippen MR) is 265 cm³/mol. The first-order valence-electron chi connectivity index (χ1n) is 28.0. The number of hydrogen-bond acceptors (Lipinski definition) is 24. The lowest BCUT2D eigenvalue weighted by molar-refractivity contribution is -0.363. The molecule has 8 fully saturated rings. The topological polar surface area (TPSA) is 411 Å². The van der Waals surface area contributed by atoms with Gasteiger partial charge in [-0.05, 0) is 111 Å². The van der Waals surface area contributed by atoms with Gasteiger partial charge in [-0.15, -0.1) is 0 Å². The van der Waals surface area contributed by atoms with E-state index in [0.717, 1.165) is 5.57 Å². The number of aliphatic carboxylic acids is 1. The van der Waals surface area contributed by atoms with E-state index in [1.807, 2.05) is 0 Å². The zero-order valence-electron chi connectivity index (χ0n) is 45.6. The number of carbonyl (C=O) groups is 2. The second-order valence-electron chi connectivity index (χ2n) is 26.1. The fourth-order valence-corrected chi connectivity index (χ4v) is 16.4. The van der Waals surface area contributed by atoms with Gasteiger partial charge in [-0.25, -0.2) is 0 Å². The largest absolute Gasteiger partial charge is 0.481 e. The van der Waals surface area contributed by atoms with Gasteiger partial charge < -0.3 is 114 Å². The number of carboxylic acid groups (broad SMARTS) is 1. The SMILES string of the molecule is CC1(C)CC[C@]2(C(=O)O[C@@H]3O[C@H](CO[C@@H]4O[C@H](CO)[C@@H](O)[C@H](O)[C@H]4O)[C@@H](O)[C@H](O[C@@H]4O[C@H](CO)[C@@H](O)[C@H](O)[C@H]4O)[C@H]3O)CC[C@]3(C)C(=CC[C@@H]4[C@]5(C)CC[C@@H](O[C@@H]6O[C@H](CO)[C@@H](O)[C@H](O)[C@H]6O)[C@@](C)(C(=O)O)[C@H]5CC[C@]43C)[C@H]2C1. The smallest absolute Gasteiger partial charge is 0.315 e.